The lowest BCUT2D eigenvalue weighted by molar-refractivity contribution is -0.384. The van der Waals surface area contributed by atoms with Crippen molar-refractivity contribution < 1.29 is 19.4 Å². The third-order valence-corrected chi connectivity index (χ3v) is 4.80. The number of non-ortho nitro benzene ring substituents is 1. The number of hydrazine groups is 1. The predicted octanol–water partition coefficient (Wildman–Crippen LogP) is 2.51. The van der Waals surface area contributed by atoms with Gasteiger partial charge in [-0.05, 0) is 31.9 Å². The number of esters is 1. The van der Waals surface area contributed by atoms with Crippen LogP contribution in [0.3, 0.4) is 0 Å². The summed E-state index contributed by atoms with van der Waals surface area (Å²) in [4.78, 5) is 43.1. The van der Waals surface area contributed by atoms with E-state index in [1.54, 1.807) is 11.8 Å². The average Bonchev–Trinajstić information content (AvgIpc) is 2.77. The number of nitrogens with one attached hydrogen (secondary N) is 2. The van der Waals surface area contributed by atoms with Crippen LogP contribution in [-0.2, 0) is 9.53 Å². The number of nitrogens with zero attached hydrogens (tertiary/aromatic N) is 5. The fourth-order valence-corrected chi connectivity index (χ4v) is 3.25. The first-order valence-corrected chi connectivity index (χ1v) is 9.58. The molecule has 164 valence electrons. The first-order valence-electron chi connectivity index (χ1n) is 9.58. The molecule has 1 aliphatic heterocycles. The molecule has 2 N–H and O–H groups in total. The van der Waals surface area contributed by atoms with Crippen molar-refractivity contribution in [3.05, 3.63) is 50.8 Å². The first-order chi connectivity index (χ1) is 14.9. The maximum Gasteiger partial charge on any atom is 0.355 e. The van der Waals surface area contributed by atoms with Crippen molar-refractivity contribution in [3.63, 3.8) is 0 Å². The summed E-state index contributed by atoms with van der Waals surface area (Å²) < 4.78 is 5.05. The van der Waals surface area contributed by atoms with Gasteiger partial charge in [0.25, 0.3) is 5.69 Å². The Balaban J connectivity index is 1.73. The largest absolute Gasteiger partial charge is 0.466 e. The van der Waals surface area contributed by atoms with Crippen molar-refractivity contribution in [2.45, 2.75) is 19.8 Å². The highest BCUT2D eigenvalue weighted by Gasteiger charge is 2.32. The van der Waals surface area contributed by atoms with E-state index in [0.29, 0.717) is 38.2 Å². The molecule has 0 bridgehead atoms. The van der Waals surface area contributed by atoms with Crippen molar-refractivity contribution in [3.8, 4) is 0 Å². The van der Waals surface area contributed by atoms with E-state index in [1.165, 1.54) is 30.6 Å². The van der Waals surface area contributed by atoms with Gasteiger partial charge in [0.05, 0.1) is 28.1 Å². The number of carbonyl (C=O) groups excluding carboxylic acids is 1. The second-order valence-corrected chi connectivity index (χ2v) is 6.72. The van der Waals surface area contributed by atoms with Gasteiger partial charge in [-0.3, -0.25) is 35.9 Å². The van der Waals surface area contributed by atoms with Gasteiger partial charge in [0.1, 0.15) is 6.33 Å². The highest BCUT2D eigenvalue weighted by molar-refractivity contribution is 5.74. The minimum absolute atomic E-state index is 0.0548. The molecule has 1 aliphatic rings. The van der Waals surface area contributed by atoms with Gasteiger partial charge in [-0.1, -0.05) is 0 Å². The van der Waals surface area contributed by atoms with Crippen LogP contribution in [0, 0.1) is 26.1 Å². The molecule has 0 saturated carbocycles. The number of aromatic nitrogens is 2. The van der Waals surface area contributed by atoms with E-state index in [4.69, 9.17) is 4.74 Å². The van der Waals surface area contributed by atoms with E-state index in [9.17, 15) is 25.0 Å². The van der Waals surface area contributed by atoms with Crippen LogP contribution in [0.25, 0.3) is 0 Å². The van der Waals surface area contributed by atoms with E-state index >= 15 is 0 Å². The number of hydrogen-bond donors (Lipinski definition) is 2. The summed E-state index contributed by atoms with van der Waals surface area (Å²) in [5.41, 5.74) is 5.47. The molecule has 0 amide bonds. The minimum atomic E-state index is -0.577. The number of piperidine rings is 1. The van der Waals surface area contributed by atoms with Crippen LogP contribution in [-0.4, -0.2) is 45.5 Å². The molecular formula is C18H21N7O6. The van der Waals surface area contributed by atoms with E-state index in [2.05, 4.69) is 20.8 Å². The van der Waals surface area contributed by atoms with Gasteiger partial charge in [-0.15, -0.1) is 0 Å². The molecule has 2 heterocycles. The third kappa shape index (κ3) is 5.12. The molecule has 0 atom stereocenters. The predicted molar refractivity (Wildman–Crippen MR) is 111 cm³/mol. The standard InChI is InChI=1S/C18H21N7O6/c1-2-31-18(26)12-7-9-23(10-8-12)17-15(25(29)30)16(19-11-20-17)22-21-13-3-5-14(6-4-13)24(27)28/h3-6,11-12,21H,2,7-10H2,1H3,(H,19,20,22). The van der Waals surface area contributed by atoms with Gasteiger partial charge in [0.2, 0.25) is 11.6 Å². The van der Waals surface area contributed by atoms with Gasteiger partial charge in [-0.2, -0.15) is 0 Å². The van der Waals surface area contributed by atoms with Crippen LogP contribution in [0.4, 0.5) is 28.7 Å². The smallest absolute Gasteiger partial charge is 0.355 e. The van der Waals surface area contributed by atoms with Crippen LogP contribution in [0.2, 0.25) is 0 Å². The Morgan fingerprint density at radius 1 is 1.13 bits per heavy atom. The van der Waals surface area contributed by atoms with Gasteiger partial charge < -0.3 is 9.64 Å². The summed E-state index contributed by atoms with van der Waals surface area (Å²) in [7, 11) is 0. The zero-order chi connectivity index (χ0) is 22.4. The zero-order valence-corrected chi connectivity index (χ0v) is 16.7. The van der Waals surface area contributed by atoms with Crippen LogP contribution >= 0.6 is 0 Å². The van der Waals surface area contributed by atoms with Crippen molar-refractivity contribution >= 4 is 34.7 Å². The van der Waals surface area contributed by atoms with Gasteiger partial charge >= 0.3 is 11.7 Å². The summed E-state index contributed by atoms with van der Waals surface area (Å²) in [5.74, 6) is -0.399. The molecule has 0 unspecified atom stereocenters. The molecule has 1 fully saturated rings. The lowest BCUT2D eigenvalue weighted by Crippen LogP contribution is -2.38. The molecule has 0 aliphatic carbocycles. The highest BCUT2D eigenvalue weighted by atomic mass is 16.6. The Kier molecular flexibility index (Phi) is 6.74. The lowest BCUT2D eigenvalue weighted by Gasteiger charge is -2.31. The molecule has 13 nitrogen and oxygen atoms in total. The zero-order valence-electron chi connectivity index (χ0n) is 16.7. The summed E-state index contributed by atoms with van der Waals surface area (Å²) >= 11 is 0. The molecule has 1 aromatic heterocycles. The number of rotatable bonds is 8. The van der Waals surface area contributed by atoms with E-state index in [-0.39, 0.29) is 34.9 Å². The Morgan fingerprint density at radius 2 is 1.81 bits per heavy atom. The van der Waals surface area contributed by atoms with Crippen LogP contribution in [0.1, 0.15) is 19.8 Å². The van der Waals surface area contributed by atoms with Crippen molar-refractivity contribution in [2.24, 2.45) is 5.92 Å². The average molecular weight is 431 g/mol. The molecule has 0 spiro atoms. The Morgan fingerprint density at radius 3 is 2.39 bits per heavy atom. The maximum atomic E-state index is 11.9. The second kappa shape index (κ2) is 9.65. The van der Waals surface area contributed by atoms with Crippen molar-refractivity contribution in [1.82, 2.24) is 9.97 Å². The number of carbonyl (C=O) groups is 1. The van der Waals surface area contributed by atoms with Crippen molar-refractivity contribution in [2.75, 3.05) is 35.4 Å². The highest BCUT2D eigenvalue weighted by Crippen LogP contribution is 2.34. The monoisotopic (exact) mass is 431 g/mol. The molecule has 0 radical (unpaired) electrons. The van der Waals surface area contributed by atoms with E-state index in [0.717, 1.165) is 0 Å². The van der Waals surface area contributed by atoms with E-state index < -0.39 is 9.85 Å². The lowest BCUT2D eigenvalue weighted by atomic mass is 9.97. The first kappa shape index (κ1) is 21.7. The van der Waals surface area contributed by atoms with Crippen LogP contribution in [0.15, 0.2) is 30.6 Å². The Hall–Kier alpha value is -4.03. The fraction of sp³-hybridized carbons (Fsp3) is 0.389. The normalized spacial score (nSPS) is 14.0. The maximum absolute atomic E-state index is 11.9. The molecule has 31 heavy (non-hydrogen) atoms. The quantitative estimate of drug-likeness (QED) is 0.358. The summed E-state index contributed by atoms with van der Waals surface area (Å²) in [5, 5.41) is 22.5. The number of benzene rings is 1. The number of nitro benzene ring substituents is 1. The SMILES string of the molecule is CCOC(=O)C1CCN(c2ncnc(NNc3ccc([N+](=O)[O-])cc3)c2[N+](=O)[O-])CC1. The molecule has 3 rings (SSSR count). The van der Waals surface area contributed by atoms with E-state index in [1.807, 2.05) is 0 Å². The molecular weight excluding hydrogens is 410 g/mol. The molecule has 2 aromatic rings. The number of anilines is 3. The van der Waals surface area contributed by atoms with Crippen LogP contribution < -0.4 is 15.8 Å². The number of hydrogen-bond acceptors (Lipinski definition) is 11. The third-order valence-electron chi connectivity index (χ3n) is 4.80. The summed E-state index contributed by atoms with van der Waals surface area (Å²) in [6.45, 7) is 2.89. The molecule has 13 heteroatoms. The van der Waals surface area contributed by atoms with Gasteiger partial charge in [0.15, 0.2) is 0 Å². The number of nitro groups is 2. The summed E-state index contributed by atoms with van der Waals surface area (Å²) in [6, 6.07) is 5.52. The van der Waals surface area contributed by atoms with Crippen LogP contribution in [0.5, 0.6) is 0 Å². The van der Waals surface area contributed by atoms with Gasteiger partial charge in [0, 0.05) is 25.2 Å². The fourth-order valence-electron chi connectivity index (χ4n) is 3.25. The minimum Gasteiger partial charge on any atom is -0.466 e. The molecule has 1 aromatic carbocycles. The number of ether oxygens (including phenoxy) is 1. The van der Waals surface area contributed by atoms with Gasteiger partial charge in [-0.25, -0.2) is 9.97 Å². The summed E-state index contributed by atoms with van der Waals surface area (Å²) in [6.07, 6.45) is 2.22. The molecule has 1 saturated heterocycles. The Labute approximate surface area is 176 Å². The topological polar surface area (TPSA) is 166 Å². The van der Waals surface area contributed by atoms with Crippen molar-refractivity contribution in [1.29, 1.82) is 0 Å². The second-order valence-electron chi connectivity index (χ2n) is 6.72. The Bertz CT molecular complexity index is 960.